The molecule has 0 radical (unpaired) electrons. The van der Waals surface area contributed by atoms with Gasteiger partial charge in [-0.3, -0.25) is 4.57 Å². The first kappa shape index (κ1) is 24.4. The average Bonchev–Trinajstić information content (AvgIpc) is 2.45. The summed E-state index contributed by atoms with van der Waals surface area (Å²) < 4.78 is 29.8. The third-order valence-corrected chi connectivity index (χ3v) is 9.86. The van der Waals surface area contributed by atoms with Crippen LogP contribution >= 0.6 is 7.60 Å². The van der Waals surface area contributed by atoms with Crippen molar-refractivity contribution in [3.63, 3.8) is 0 Å². The van der Waals surface area contributed by atoms with Crippen molar-refractivity contribution in [3.8, 4) is 0 Å². The van der Waals surface area contributed by atoms with Gasteiger partial charge in [-0.2, -0.15) is 0 Å². The van der Waals surface area contributed by atoms with Crippen molar-refractivity contribution >= 4 is 15.7 Å². The lowest BCUT2D eigenvalue weighted by atomic mass is 10.1. The molecule has 0 rings (SSSR count). The summed E-state index contributed by atoms with van der Waals surface area (Å²) in [6.07, 6.45) is 8.00. The number of allylic oxidation sites excluding steroid dienone is 3. The lowest BCUT2D eigenvalue weighted by Crippen LogP contribution is -2.26. The Morgan fingerprint density at radius 2 is 1.56 bits per heavy atom. The summed E-state index contributed by atoms with van der Waals surface area (Å²) in [6.45, 7) is 17.5. The van der Waals surface area contributed by atoms with Gasteiger partial charge in [0.25, 0.3) is 0 Å². The van der Waals surface area contributed by atoms with Crippen LogP contribution in [0.5, 0.6) is 0 Å². The van der Waals surface area contributed by atoms with Crippen LogP contribution in [-0.4, -0.2) is 27.9 Å². The normalized spacial score (nSPS) is 13.8. The maximum Gasteiger partial charge on any atom is 0.356 e. The Kier molecular flexibility index (Phi) is 11.6. The fourth-order valence-electron chi connectivity index (χ4n) is 2.18. The van der Waals surface area contributed by atoms with E-state index in [2.05, 4.69) is 52.6 Å². The van der Waals surface area contributed by atoms with Gasteiger partial charge in [0.15, 0.2) is 0 Å². The number of ether oxygens (including phenoxy) is 1. The van der Waals surface area contributed by atoms with Gasteiger partial charge in [-0.1, -0.05) is 36.9 Å². The molecular formula is C19H37O4PSi. The molecular weight excluding hydrogens is 351 g/mol. The average molecular weight is 389 g/mol. The van der Waals surface area contributed by atoms with Crippen LogP contribution < -0.4 is 0 Å². The van der Waals surface area contributed by atoms with Gasteiger partial charge in [0.05, 0.1) is 32.5 Å². The Bertz CT molecular complexity index is 516. The van der Waals surface area contributed by atoms with E-state index in [0.29, 0.717) is 24.8 Å². The highest BCUT2D eigenvalue weighted by Crippen LogP contribution is 2.59. The standard InChI is InChI=1S/C19H37O4PSi/c1-9-22-24(20,23-10-2)19(25(6,7)8)16-21-15-14-18(5)13-11-12-17(3)4/h12,14,16H,9-11,13,15H2,1-8H3/b18-14+,19-16-. The zero-order valence-electron chi connectivity index (χ0n) is 17.3. The van der Waals surface area contributed by atoms with Crippen molar-refractivity contribution in [2.45, 2.75) is 67.1 Å². The summed E-state index contributed by atoms with van der Waals surface area (Å²) in [5, 5.41) is 0. The molecule has 25 heavy (non-hydrogen) atoms. The van der Waals surface area contributed by atoms with Crippen molar-refractivity contribution < 1.29 is 18.3 Å². The molecule has 0 aromatic carbocycles. The molecule has 4 nitrogen and oxygen atoms in total. The van der Waals surface area contributed by atoms with Crippen molar-refractivity contribution in [3.05, 3.63) is 34.5 Å². The minimum Gasteiger partial charge on any atom is -0.497 e. The Hall–Kier alpha value is -0.613. The van der Waals surface area contributed by atoms with Gasteiger partial charge >= 0.3 is 7.60 Å². The molecule has 0 amide bonds. The van der Waals surface area contributed by atoms with Crippen molar-refractivity contribution in [1.29, 1.82) is 0 Å². The first-order valence-corrected chi connectivity index (χ1v) is 14.1. The van der Waals surface area contributed by atoms with E-state index < -0.39 is 15.7 Å². The maximum atomic E-state index is 13.1. The molecule has 0 N–H and O–H groups in total. The van der Waals surface area contributed by atoms with Crippen molar-refractivity contribution in [2.75, 3.05) is 19.8 Å². The lowest BCUT2D eigenvalue weighted by Gasteiger charge is -2.27. The molecule has 0 fully saturated rings. The molecule has 0 aliphatic rings. The van der Waals surface area contributed by atoms with Crippen LogP contribution in [0.1, 0.15) is 47.5 Å². The van der Waals surface area contributed by atoms with Crippen LogP contribution in [0.4, 0.5) is 0 Å². The highest BCUT2D eigenvalue weighted by atomic mass is 31.2. The Labute approximate surface area is 155 Å². The number of hydrogen-bond acceptors (Lipinski definition) is 4. The van der Waals surface area contributed by atoms with E-state index in [1.165, 1.54) is 11.1 Å². The number of rotatable bonds is 12. The van der Waals surface area contributed by atoms with E-state index in [0.717, 1.165) is 12.8 Å². The fourth-order valence-corrected chi connectivity index (χ4v) is 7.52. The van der Waals surface area contributed by atoms with Crippen LogP contribution in [0.15, 0.2) is 34.5 Å². The zero-order chi connectivity index (χ0) is 19.5. The second-order valence-electron chi connectivity index (χ2n) is 7.29. The summed E-state index contributed by atoms with van der Waals surface area (Å²) in [7, 11) is -5.19. The van der Waals surface area contributed by atoms with Crippen LogP contribution in [0.2, 0.25) is 19.6 Å². The second-order valence-corrected chi connectivity index (χ2v) is 14.7. The lowest BCUT2D eigenvalue weighted by molar-refractivity contribution is 0.225. The topological polar surface area (TPSA) is 44.8 Å². The molecule has 0 aromatic heterocycles. The fraction of sp³-hybridized carbons (Fsp3) is 0.684. The molecule has 0 unspecified atom stereocenters. The second kappa shape index (κ2) is 11.9. The Morgan fingerprint density at radius 3 is 2.00 bits per heavy atom. The highest BCUT2D eigenvalue weighted by Gasteiger charge is 2.39. The molecule has 0 bridgehead atoms. The largest absolute Gasteiger partial charge is 0.497 e. The van der Waals surface area contributed by atoms with E-state index >= 15 is 0 Å². The van der Waals surface area contributed by atoms with E-state index in [1.807, 2.05) is 13.8 Å². The molecule has 0 saturated carbocycles. The molecule has 146 valence electrons. The monoisotopic (exact) mass is 388 g/mol. The molecule has 0 atom stereocenters. The van der Waals surface area contributed by atoms with Gasteiger partial charge in [0, 0.05) is 0 Å². The van der Waals surface area contributed by atoms with Gasteiger partial charge in [0.1, 0.15) is 6.61 Å². The first-order valence-electron chi connectivity index (χ1n) is 9.07. The van der Waals surface area contributed by atoms with E-state index in [1.54, 1.807) is 6.26 Å². The highest BCUT2D eigenvalue weighted by molar-refractivity contribution is 7.62. The molecule has 0 aromatic rings. The van der Waals surface area contributed by atoms with Crippen molar-refractivity contribution in [1.82, 2.24) is 0 Å². The van der Waals surface area contributed by atoms with Gasteiger partial charge < -0.3 is 13.8 Å². The quantitative estimate of drug-likeness (QED) is 0.123. The SMILES string of the molecule is CCOP(=O)(OCC)/C(=C/OC/C=C(\C)CCC=C(C)C)[Si](C)(C)C. The summed E-state index contributed by atoms with van der Waals surface area (Å²) in [4.78, 5) is 0.708. The minimum absolute atomic E-state index is 0.350. The summed E-state index contributed by atoms with van der Waals surface area (Å²) >= 11 is 0. The molecule has 0 heterocycles. The Balaban J connectivity index is 5.02. The predicted octanol–water partition coefficient (Wildman–Crippen LogP) is 6.68. The smallest absolute Gasteiger partial charge is 0.356 e. The van der Waals surface area contributed by atoms with Gasteiger partial charge in [-0.05, 0) is 53.5 Å². The summed E-state index contributed by atoms with van der Waals surface area (Å²) in [5.41, 5.74) is 2.63. The molecule has 0 spiro atoms. The van der Waals surface area contributed by atoms with Gasteiger partial charge in [-0.25, -0.2) is 0 Å². The van der Waals surface area contributed by atoms with Crippen LogP contribution in [0, 0.1) is 0 Å². The third-order valence-electron chi connectivity index (χ3n) is 3.48. The minimum atomic E-state index is -3.27. The zero-order valence-corrected chi connectivity index (χ0v) is 19.2. The van der Waals surface area contributed by atoms with E-state index in [9.17, 15) is 4.57 Å². The molecule has 0 aliphatic heterocycles. The van der Waals surface area contributed by atoms with Crippen LogP contribution in [-0.2, 0) is 18.3 Å². The Morgan fingerprint density at radius 1 is 1.00 bits per heavy atom. The first-order chi connectivity index (χ1) is 11.6. The van der Waals surface area contributed by atoms with Gasteiger partial charge in [0.2, 0.25) is 0 Å². The van der Waals surface area contributed by atoms with Crippen LogP contribution in [0.3, 0.4) is 0 Å². The van der Waals surface area contributed by atoms with E-state index in [-0.39, 0.29) is 0 Å². The number of hydrogen-bond donors (Lipinski definition) is 0. The molecule has 0 aliphatic carbocycles. The summed E-state index contributed by atoms with van der Waals surface area (Å²) in [5.74, 6) is 0. The van der Waals surface area contributed by atoms with E-state index in [4.69, 9.17) is 13.8 Å². The predicted molar refractivity (Wildman–Crippen MR) is 111 cm³/mol. The van der Waals surface area contributed by atoms with Gasteiger partial charge in [-0.15, -0.1) is 0 Å². The molecule has 0 saturated heterocycles. The van der Waals surface area contributed by atoms with Crippen LogP contribution in [0.25, 0.3) is 0 Å². The summed E-state index contributed by atoms with van der Waals surface area (Å²) in [6, 6.07) is 0. The molecule has 6 heteroatoms. The van der Waals surface area contributed by atoms with Crippen molar-refractivity contribution in [2.24, 2.45) is 0 Å². The maximum absolute atomic E-state index is 13.1. The third kappa shape index (κ3) is 10.2.